The summed E-state index contributed by atoms with van der Waals surface area (Å²) in [6.45, 7) is 3.80. The van der Waals surface area contributed by atoms with Gasteiger partial charge in [-0.05, 0) is 34.0 Å². The van der Waals surface area contributed by atoms with E-state index in [0.29, 0.717) is 10.2 Å². The Hall–Kier alpha value is -0.940. The summed E-state index contributed by atoms with van der Waals surface area (Å²) in [7, 11) is 0. The molecule has 0 spiro atoms. The van der Waals surface area contributed by atoms with Crippen molar-refractivity contribution in [3.8, 4) is 0 Å². The molecule has 1 unspecified atom stereocenters. The Morgan fingerprint density at radius 3 is 2.81 bits per heavy atom. The number of carbonyl (C=O) groups excluding carboxylic acids is 1. The molecule has 0 fully saturated rings. The molecule has 5 heteroatoms. The largest absolute Gasteiger partial charge is 0.394 e. The quantitative estimate of drug-likeness (QED) is 0.884. The van der Waals surface area contributed by atoms with Gasteiger partial charge in [0.25, 0.3) is 5.91 Å². The number of nitrogens with one attached hydrogen (secondary N) is 1. The van der Waals surface area contributed by atoms with Crippen LogP contribution in [0.1, 0.15) is 24.3 Å². The second-order valence-corrected chi connectivity index (χ2v) is 4.69. The van der Waals surface area contributed by atoms with Crippen molar-refractivity contribution in [2.24, 2.45) is 5.92 Å². The molecule has 0 radical (unpaired) electrons. The van der Waals surface area contributed by atoms with Crippen LogP contribution < -0.4 is 5.32 Å². The Labute approximate surface area is 103 Å². The fourth-order valence-electron chi connectivity index (χ4n) is 1.21. The van der Waals surface area contributed by atoms with Gasteiger partial charge in [0.15, 0.2) is 0 Å². The number of rotatable bonds is 4. The zero-order valence-corrected chi connectivity index (χ0v) is 10.9. The van der Waals surface area contributed by atoms with Gasteiger partial charge >= 0.3 is 0 Å². The van der Waals surface area contributed by atoms with Gasteiger partial charge in [-0.1, -0.05) is 13.8 Å². The van der Waals surface area contributed by atoms with Crippen LogP contribution in [-0.4, -0.2) is 28.6 Å². The molecule has 0 aromatic carbocycles. The van der Waals surface area contributed by atoms with Crippen molar-refractivity contribution in [3.63, 3.8) is 0 Å². The van der Waals surface area contributed by atoms with Crippen LogP contribution in [0.15, 0.2) is 22.8 Å². The molecular weight excluding hydrogens is 272 g/mol. The smallest absolute Gasteiger partial charge is 0.271 e. The van der Waals surface area contributed by atoms with Crippen molar-refractivity contribution < 1.29 is 9.90 Å². The third-order valence-electron chi connectivity index (χ3n) is 2.29. The number of pyridine rings is 1. The summed E-state index contributed by atoms with van der Waals surface area (Å²) < 4.78 is 0.646. The fourth-order valence-corrected chi connectivity index (χ4v) is 1.65. The summed E-state index contributed by atoms with van der Waals surface area (Å²) >= 11 is 3.26. The summed E-state index contributed by atoms with van der Waals surface area (Å²) in [6.07, 6.45) is 1.56. The van der Waals surface area contributed by atoms with E-state index in [1.165, 1.54) is 0 Å². The van der Waals surface area contributed by atoms with Gasteiger partial charge in [0.1, 0.15) is 5.69 Å². The summed E-state index contributed by atoms with van der Waals surface area (Å²) in [6, 6.07) is 3.25. The molecule has 0 saturated heterocycles. The van der Waals surface area contributed by atoms with E-state index in [2.05, 4.69) is 26.2 Å². The molecule has 2 N–H and O–H groups in total. The Morgan fingerprint density at radius 2 is 2.31 bits per heavy atom. The zero-order chi connectivity index (χ0) is 12.1. The fraction of sp³-hybridized carbons (Fsp3) is 0.455. The number of halogens is 1. The third kappa shape index (κ3) is 3.28. The Morgan fingerprint density at radius 1 is 1.62 bits per heavy atom. The molecule has 88 valence electrons. The van der Waals surface area contributed by atoms with Crippen molar-refractivity contribution in [2.45, 2.75) is 19.9 Å². The number of aliphatic hydroxyl groups is 1. The maximum absolute atomic E-state index is 11.8. The SMILES string of the molecule is CC(C)C(CO)NC(=O)c1ncccc1Br. The molecule has 0 aliphatic heterocycles. The lowest BCUT2D eigenvalue weighted by Gasteiger charge is -2.19. The monoisotopic (exact) mass is 286 g/mol. The van der Waals surface area contributed by atoms with E-state index in [-0.39, 0.29) is 24.5 Å². The summed E-state index contributed by atoms with van der Waals surface area (Å²) in [5.74, 6) is -0.100. The Bertz CT molecular complexity index is 369. The van der Waals surface area contributed by atoms with Crippen LogP contribution in [0.3, 0.4) is 0 Å². The van der Waals surface area contributed by atoms with Crippen molar-refractivity contribution in [1.29, 1.82) is 0 Å². The molecule has 0 saturated carbocycles. The molecule has 1 rings (SSSR count). The number of nitrogens with zero attached hydrogens (tertiary/aromatic N) is 1. The Balaban J connectivity index is 2.76. The standard InChI is InChI=1S/C11H15BrN2O2/c1-7(2)9(6-15)14-11(16)10-8(12)4-3-5-13-10/h3-5,7,9,15H,6H2,1-2H3,(H,14,16). The van der Waals surface area contributed by atoms with Gasteiger partial charge in [-0.2, -0.15) is 0 Å². The first kappa shape index (κ1) is 13.1. The maximum atomic E-state index is 11.8. The lowest BCUT2D eigenvalue weighted by atomic mass is 10.1. The second kappa shape index (κ2) is 5.96. The van der Waals surface area contributed by atoms with Crippen LogP contribution in [-0.2, 0) is 0 Å². The Kier molecular flexibility index (Phi) is 4.89. The van der Waals surface area contributed by atoms with Gasteiger partial charge in [-0.25, -0.2) is 4.98 Å². The van der Waals surface area contributed by atoms with Crippen molar-refractivity contribution >= 4 is 21.8 Å². The topological polar surface area (TPSA) is 62.2 Å². The second-order valence-electron chi connectivity index (χ2n) is 3.84. The first-order valence-corrected chi connectivity index (χ1v) is 5.87. The van der Waals surface area contributed by atoms with Crippen LogP contribution in [0.4, 0.5) is 0 Å². The highest BCUT2D eigenvalue weighted by atomic mass is 79.9. The lowest BCUT2D eigenvalue weighted by Crippen LogP contribution is -2.41. The first-order chi connectivity index (χ1) is 7.56. The van der Waals surface area contributed by atoms with Crippen molar-refractivity contribution in [2.75, 3.05) is 6.61 Å². The number of aliphatic hydroxyl groups excluding tert-OH is 1. The molecule has 0 aliphatic rings. The minimum absolute atomic E-state index is 0.0755. The highest BCUT2D eigenvalue weighted by molar-refractivity contribution is 9.10. The molecule has 1 aromatic heterocycles. The van der Waals surface area contributed by atoms with Gasteiger partial charge in [-0.3, -0.25) is 4.79 Å². The van der Waals surface area contributed by atoms with Crippen LogP contribution in [0, 0.1) is 5.92 Å². The van der Waals surface area contributed by atoms with Gasteiger partial charge < -0.3 is 10.4 Å². The molecule has 0 aliphatic carbocycles. The number of aromatic nitrogens is 1. The number of hydrogen-bond donors (Lipinski definition) is 2. The first-order valence-electron chi connectivity index (χ1n) is 5.08. The van der Waals surface area contributed by atoms with E-state index < -0.39 is 0 Å². The molecule has 1 atom stereocenters. The number of hydrogen-bond acceptors (Lipinski definition) is 3. The molecular formula is C11H15BrN2O2. The predicted molar refractivity (Wildman–Crippen MR) is 65.1 cm³/mol. The highest BCUT2D eigenvalue weighted by Crippen LogP contribution is 2.13. The van der Waals surface area contributed by atoms with Crippen LogP contribution >= 0.6 is 15.9 Å². The average molecular weight is 287 g/mol. The molecule has 1 heterocycles. The van der Waals surface area contributed by atoms with Gasteiger partial charge in [0, 0.05) is 10.7 Å². The zero-order valence-electron chi connectivity index (χ0n) is 9.27. The van der Waals surface area contributed by atoms with Gasteiger partial charge in [0.05, 0.1) is 12.6 Å². The van der Waals surface area contributed by atoms with E-state index in [1.807, 2.05) is 13.8 Å². The summed E-state index contributed by atoms with van der Waals surface area (Å²) in [5.41, 5.74) is 0.335. The van der Waals surface area contributed by atoms with Gasteiger partial charge in [0.2, 0.25) is 0 Å². The molecule has 16 heavy (non-hydrogen) atoms. The van der Waals surface area contributed by atoms with Crippen molar-refractivity contribution in [1.82, 2.24) is 10.3 Å². The van der Waals surface area contributed by atoms with Gasteiger partial charge in [-0.15, -0.1) is 0 Å². The molecule has 4 nitrogen and oxygen atoms in total. The highest BCUT2D eigenvalue weighted by Gasteiger charge is 2.18. The van der Waals surface area contributed by atoms with Crippen LogP contribution in [0.2, 0.25) is 0 Å². The minimum atomic E-state index is -0.278. The van der Waals surface area contributed by atoms with E-state index in [4.69, 9.17) is 5.11 Å². The van der Waals surface area contributed by atoms with E-state index in [9.17, 15) is 4.79 Å². The molecule has 1 aromatic rings. The summed E-state index contributed by atoms with van der Waals surface area (Å²) in [4.78, 5) is 15.8. The average Bonchev–Trinajstić information content (AvgIpc) is 2.25. The van der Waals surface area contributed by atoms with Crippen LogP contribution in [0.5, 0.6) is 0 Å². The number of carbonyl (C=O) groups is 1. The van der Waals surface area contributed by atoms with E-state index in [0.717, 1.165) is 0 Å². The summed E-state index contributed by atoms with van der Waals surface area (Å²) in [5, 5.41) is 11.9. The lowest BCUT2D eigenvalue weighted by molar-refractivity contribution is 0.0891. The molecule has 1 amide bonds. The van der Waals surface area contributed by atoms with E-state index >= 15 is 0 Å². The van der Waals surface area contributed by atoms with Crippen LogP contribution in [0.25, 0.3) is 0 Å². The third-order valence-corrected chi connectivity index (χ3v) is 2.93. The minimum Gasteiger partial charge on any atom is -0.394 e. The normalized spacial score (nSPS) is 12.6. The maximum Gasteiger partial charge on any atom is 0.271 e. The molecule has 0 bridgehead atoms. The van der Waals surface area contributed by atoms with E-state index in [1.54, 1.807) is 18.3 Å². The van der Waals surface area contributed by atoms with Crippen molar-refractivity contribution in [3.05, 3.63) is 28.5 Å². The predicted octanol–water partition coefficient (Wildman–Crippen LogP) is 1.59. The number of amides is 1.